The fourth-order valence-electron chi connectivity index (χ4n) is 3.40. The minimum Gasteiger partial charge on any atom is -0.486 e. The number of rotatable bonds is 6. The first-order chi connectivity index (χ1) is 16.3. The van der Waals surface area contributed by atoms with E-state index in [9.17, 15) is 14.4 Å². The molecule has 178 valence electrons. The molecular formula is C23H19BrCl2N2O5S. The maximum absolute atomic E-state index is 12.8. The van der Waals surface area contributed by atoms with Crippen LogP contribution in [0.2, 0.25) is 10.0 Å². The Bertz CT molecular complexity index is 1150. The third-order valence-corrected chi connectivity index (χ3v) is 7.32. The quantitative estimate of drug-likeness (QED) is 0.432. The molecule has 2 aromatic carbocycles. The summed E-state index contributed by atoms with van der Waals surface area (Å²) in [4.78, 5) is 40.5. The molecule has 34 heavy (non-hydrogen) atoms. The average molecular weight is 586 g/mol. The molecule has 0 saturated carbocycles. The Balaban J connectivity index is 1.46. The number of carbonyl (C=O) groups excluding carboxylic acids is 3. The van der Waals surface area contributed by atoms with E-state index in [-0.39, 0.29) is 24.0 Å². The normalized spacial score (nSPS) is 17.6. The molecule has 4 rings (SSSR count). The predicted octanol–water partition coefficient (Wildman–Crippen LogP) is 5.23. The van der Waals surface area contributed by atoms with Crippen molar-refractivity contribution in [3.05, 3.63) is 66.9 Å². The van der Waals surface area contributed by atoms with Crippen LogP contribution in [0.5, 0.6) is 5.75 Å². The molecule has 0 unspecified atom stereocenters. The Morgan fingerprint density at radius 3 is 2.59 bits per heavy atom. The van der Waals surface area contributed by atoms with Crippen molar-refractivity contribution < 1.29 is 23.9 Å². The standard InChI is InChI=1S/C23H19BrCl2N2O5S/c24-16-9-14(10-18(26)21(16)33-13-15-3-1-2-4-17(15)25)11-19-22(30)28(23(31)34-19)12-20(29)27-5-7-32-8-6-27/h1-4,9-11H,5-8,12-13H2/b19-11+. The first-order valence-corrected chi connectivity index (χ1v) is 12.7. The molecule has 0 radical (unpaired) electrons. The first-order valence-electron chi connectivity index (χ1n) is 10.3. The highest BCUT2D eigenvalue weighted by Gasteiger charge is 2.37. The monoisotopic (exact) mass is 584 g/mol. The molecule has 2 aliphatic heterocycles. The van der Waals surface area contributed by atoms with Gasteiger partial charge in [0.25, 0.3) is 11.1 Å². The lowest BCUT2D eigenvalue weighted by atomic mass is 10.2. The van der Waals surface area contributed by atoms with Gasteiger partial charge >= 0.3 is 0 Å². The van der Waals surface area contributed by atoms with Crippen LogP contribution in [-0.4, -0.2) is 59.7 Å². The number of nitrogens with zero attached hydrogens (tertiary/aromatic N) is 2. The number of ether oxygens (including phenoxy) is 2. The summed E-state index contributed by atoms with van der Waals surface area (Å²) < 4.78 is 11.7. The second-order valence-corrected chi connectivity index (χ2v) is 10.1. The number of hydrogen-bond donors (Lipinski definition) is 0. The molecule has 2 aromatic rings. The molecule has 0 aromatic heterocycles. The van der Waals surface area contributed by atoms with E-state index in [0.29, 0.717) is 52.1 Å². The van der Waals surface area contributed by atoms with Crippen LogP contribution in [0.3, 0.4) is 0 Å². The number of amides is 3. The number of imide groups is 1. The van der Waals surface area contributed by atoms with Crippen molar-refractivity contribution >= 4 is 74.0 Å². The molecule has 2 fully saturated rings. The van der Waals surface area contributed by atoms with Gasteiger partial charge in [0.1, 0.15) is 13.2 Å². The number of benzene rings is 2. The van der Waals surface area contributed by atoms with Gasteiger partial charge in [-0.15, -0.1) is 0 Å². The lowest BCUT2D eigenvalue weighted by molar-refractivity contribution is -0.139. The summed E-state index contributed by atoms with van der Waals surface area (Å²) in [6, 6.07) is 10.7. The molecule has 2 heterocycles. The van der Waals surface area contributed by atoms with Crippen molar-refractivity contribution in [3.8, 4) is 5.75 Å². The van der Waals surface area contributed by atoms with Crippen LogP contribution < -0.4 is 4.74 Å². The molecule has 0 atom stereocenters. The Morgan fingerprint density at radius 1 is 1.15 bits per heavy atom. The molecular weight excluding hydrogens is 567 g/mol. The Labute approximate surface area is 219 Å². The number of morpholine rings is 1. The fraction of sp³-hybridized carbons (Fsp3) is 0.261. The van der Waals surface area contributed by atoms with Gasteiger partial charge in [-0.1, -0.05) is 41.4 Å². The summed E-state index contributed by atoms with van der Waals surface area (Å²) >= 11 is 16.8. The van der Waals surface area contributed by atoms with Gasteiger partial charge in [-0.05, 0) is 57.5 Å². The molecule has 0 spiro atoms. The van der Waals surface area contributed by atoms with Crippen LogP contribution in [0.4, 0.5) is 4.79 Å². The van der Waals surface area contributed by atoms with Crippen LogP contribution >= 0.6 is 50.9 Å². The van der Waals surface area contributed by atoms with Crippen LogP contribution in [0.1, 0.15) is 11.1 Å². The molecule has 3 amide bonds. The van der Waals surface area contributed by atoms with Crippen molar-refractivity contribution in [3.63, 3.8) is 0 Å². The third kappa shape index (κ3) is 5.78. The van der Waals surface area contributed by atoms with E-state index in [2.05, 4.69) is 15.9 Å². The van der Waals surface area contributed by atoms with Gasteiger partial charge in [-0.2, -0.15) is 0 Å². The zero-order valence-corrected chi connectivity index (χ0v) is 21.7. The second kappa shape index (κ2) is 11.1. The topological polar surface area (TPSA) is 76.2 Å². The van der Waals surface area contributed by atoms with Crippen molar-refractivity contribution in [1.82, 2.24) is 9.80 Å². The van der Waals surface area contributed by atoms with Gasteiger partial charge in [0.15, 0.2) is 5.75 Å². The molecule has 2 saturated heterocycles. The zero-order valence-electron chi connectivity index (χ0n) is 17.8. The maximum atomic E-state index is 12.8. The van der Waals surface area contributed by atoms with Gasteiger partial charge in [0, 0.05) is 23.7 Å². The highest BCUT2D eigenvalue weighted by atomic mass is 79.9. The van der Waals surface area contributed by atoms with Crippen LogP contribution in [-0.2, 0) is 20.9 Å². The largest absolute Gasteiger partial charge is 0.486 e. The summed E-state index contributed by atoms with van der Waals surface area (Å²) in [7, 11) is 0. The SMILES string of the molecule is O=C(CN1C(=O)S/C(=C/c2cc(Cl)c(OCc3ccccc3Cl)c(Br)c2)C1=O)N1CCOCC1. The highest BCUT2D eigenvalue weighted by molar-refractivity contribution is 9.10. The molecule has 7 nitrogen and oxygen atoms in total. The second-order valence-electron chi connectivity index (χ2n) is 7.45. The molecule has 0 aliphatic carbocycles. The van der Waals surface area contributed by atoms with Crippen LogP contribution in [0.25, 0.3) is 6.08 Å². The third-order valence-electron chi connectivity index (χ3n) is 5.18. The van der Waals surface area contributed by atoms with Crippen LogP contribution in [0, 0.1) is 0 Å². The van der Waals surface area contributed by atoms with Crippen molar-refractivity contribution in [2.75, 3.05) is 32.8 Å². The van der Waals surface area contributed by atoms with Gasteiger partial charge in [0.05, 0.1) is 27.6 Å². The highest BCUT2D eigenvalue weighted by Crippen LogP contribution is 2.38. The Morgan fingerprint density at radius 2 is 1.88 bits per heavy atom. The summed E-state index contributed by atoms with van der Waals surface area (Å²) in [5.74, 6) is -0.358. The first kappa shape index (κ1) is 25.1. The van der Waals surface area contributed by atoms with Gasteiger partial charge in [0.2, 0.25) is 5.91 Å². The smallest absolute Gasteiger partial charge is 0.294 e. The minimum absolute atomic E-state index is 0.215. The van der Waals surface area contributed by atoms with E-state index in [0.717, 1.165) is 22.2 Å². The summed E-state index contributed by atoms with van der Waals surface area (Å²) in [5.41, 5.74) is 1.42. The Hall–Kier alpha value is -2.04. The predicted molar refractivity (Wildman–Crippen MR) is 135 cm³/mol. The fourth-order valence-corrected chi connectivity index (χ4v) is 5.42. The summed E-state index contributed by atoms with van der Waals surface area (Å²) in [6.45, 7) is 1.72. The van der Waals surface area contributed by atoms with Gasteiger partial charge in [-0.25, -0.2) is 0 Å². The lowest BCUT2D eigenvalue weighted by Gasteiger charge is -2.28. The van der Waals surface area contributed by atoms with Gasteiger partial charge < -0.3 is 14.4 Å². The van der Waals surface area contributed by atoms with Crippen molar-refractivity contribution in [2.45, 2.75) is 6.61 Å². The number of thioether (sulfide) groups is 1. The molecule has 0 bridgehead atoms. The number of hydrogen-bond acceptors (Lipinski definition) is 6. The minimum atomic E-state index is -0.511. The molecule has 11 heteroatoms. The number of halogens is 3. The molecule has 2 aliphatic rings. The van der Waals surface area contributed by atoms with Crippen molar-refractivity contribution in [2.24, 2.45) is 0 Å². The van der Waals surface area contributed by atoms with E-state index < -0.39 is 11.1 Å². The van der Waals surface area contributed by atoms with E-state index in [4.69, 9.17) is 32.7 Å². The maximum Gasteiger partial charge on any atom is 0.294 e. The van der Waals surface area contributed by atoms with E-state index in [1.165, 1.54) is 0 Å². The van der Waals surface area contributed by atoms with E-state index in [1.54, 1.807) is 29.2 Å². The average Bonchev–Trinajstić information content (AvgIpc) is 3.07. The summed E-state index contributed by atoms with van der Waals surface area (Å²) in [6.07, 6.45) is 1.57. The van der Waals surface area contributed by atoms with E-state index in [1.807, 2.05) is 18.2 Å². The van der Waals surface area contributed by atoms with Crippen molar-refractivity contribution in [1.29, 1.82) is 0 Å². The van der Waals surface area contributed by atoms with Gasteiger partial charge in [-0.3, -0.25) is 19.3 Å². The summed E-state index contributed by atoms with van der Waals surface area (Å²) in [5, 5.41) is 0.436. The lowest BCUT2D eigenvalue weighted by Crippen LogP contribution is -2.46. The van der Waals surface area contributed by atoms with Crippen LogP contribution in [0.15, 0.2) is 45.8 Å². The Kier molecular flexibility index (Phi) is 8.21. The van der Waals surface area contributed by atoms with E-state index >= 15 is 0 Å². The zero-order chi connectivity index (χ0) is 24.2. The number of carbonyl (C=O) groups is 3. The molecule has 0 N–H and O–H groups in total.